The molecule has 0 atom stereocenters. The second kappa shape index (κ2) is 9.77. The van der Waals surface area contributed by atoms with Crippen molar-refractivity contribution in [2.75, 3.05) is 5.32 Å². The summed E-state index contributed by atoms with van der Waals surface area (Å²) in [6, 6.07) is 15.5. The molecule has 2 aromatic heterocycles. The highest BCUT2D eigenvalue weighted by molar-refractivity contribution is 6.31. The number of benzene rings is 2. The van der Waals surface area contributed by atoms with E-state index in [2.05, 4.69) is 15.3 Å². The van der Waals surface area contributed by atoms with Crippen LogP contribution in [0.3, 0.4) is 0 Å². The molecule has 2 heterocycles. The van der Waals surface area contributed by atoms with Gasteiger partial charge in [-0.05, 0) is 35.4 Å². The molecule has 4 rings (SSSR count). The fourth-order valence-corrected chi connectivity index (χ4v) is 3.49. The zero-order chi connectivity index (χ0) is 22.5. The molecule has 1 N–H and O–H groups in total. The zero-order valence-electron chi connectivity index (χ0n) is 16.8. The molecule has 0 bridgehead atoms. The van der Waals surface area contributed by atoms with Crippen molar-refractivity contribution in [2.24, 2.45) is 0 Å². The third-order valence-corrected chi connectivity index (χ3v) is 5.30. The summed E-state index contributed by atoms with van der Waals surface area (Å²) in [5.41, 5.74) is 2.52. The molecule has 160 valence electrons. The number of aromatic nitrogens is 3. The van der Waals surface area contributed by atoms with Crippen molar-refractivity contribution in [1.29, 1.82) is 0 Å². The molecule has 4 aromatic rings. The Morgan fingerprint density at radius 3 is 2.44 bits per heavy atom. The standard InChI is InChI=1S/C24H18Cl2N4O2/c25-19-6-5-18(21(12-19)24(32)29-23-8-7-20(26)13-28-23)11-22(31)17-3-1-16(2-4-17)14-30-10-9-27-15-30/h1-10,12-13,15H,11,14H2,(H,28,29,32). The molecule has 0 saturated carbocycles. The van der Waals surface area contributed by atoms with E-state index in [1.54, 1.807) is 55.0 Å². The number of ketones is 1. The van der Waals surface area contributed by atoms with Gasteiger partial charge in [0.15, 0.2) is 5.78 Å². The molecule has 8 heteroatoms. The van der Waals surface area contributed by atoms with Gasteiger partial charge < -0.3 is 9.88 Å². The lowest BCUT2D eigenvalue weighted by Gasteiger charge is -2.11. The van der Waals surface area contributed by atoms with Gasteiger partial charge in [-0.15, -0.1) is 0 Å². The number of amides is 1. The van der Waals surface area contributed by atoms with Gasteiger partial charge in [0.25, 0.3) is 5.91 Å². The van der Waals surface area contributed by atoms with Crippen molar-refractivity contribution in [2.45, 2.75) is 13.0 Å². The average Bonchev–Trinajstić information content (AvgIpc) is 3.30. The Labute approximate surface area is 194 Å². The smallest absolute Gasteiger partial charge is 0.257 e. The average molecular weight is 465 g/mol. The van der Waals surface area contributed by atoms with Crippen LogP contribution in [0.4, 0.5) is 5.82 Å². The topological polar surface area (TPSA) is 76.9 Å². The van der Waals surface area contributed by atoms with E-state index in [0.717, 1.165) is 5.56 Å². The summed E-state index contributed by atoms with van der Waals surface area (Å²) in [6.45, 7) is 0.675. The molecule has 2 aromatic carbocycles. The second-order valence-corrected chi connectivity index (χ2v) is 8.02. The van der Waals surface area contributed by atoms with E-state index in [1.165, 1.54) is 6.20 Å². The van der Waals surface area contributed by atoms with Gasteiger partial charge in [-0.1, -0.05) is 53.5 Å². The number of halogens is 2. The highest BCUT2D eigenvalue weighted by Crippen LogP contribution is 2.20. The SMILES string of the molecule is O=C(Cc1ccc(Cl)cc1C(=O)Nc1ccc(Cl)cn1)c1ccc(Cn2ccnc2)cc1. The van der Waals surface area contributed by atoms with E-state index < -0.39 is 5.91 Å². The van der Waals surface area contributed by atoms with Gasteiger partial charge in [-0.2, -0.15) is 0 Å². The first kappa shape index (κ1) is 21.7. The van der Waals surface area contributed by atoms with E-state index in [1.807, 2.05) is 22.9 Å². The Kier molecular flexibility index (Phi) is 6.63. The van der Waals surface area contributed by atoms with Crippen LogP contribution in [0.1, 0.15) is 31.8 Å². The lowest BCUT2D eigenvalue weighted by Crippen LogP contribution is -2.17. The van der Waals surface area contributed by atoms with Crippen LogP contribution in [-0.4, -0.2) is 26.2 Å². The molecule has 1 amide bonds. The van der Waals surface area contributed by atoms with Crippen LogP contribution >= 0.6 is 23.2 Å². The van der Waals surface area contributed by atoms with E-state index in [9.17, 15) is 9.59 Å². The predicted octanol–water partition coefficient (Wildman–Crippen LogP) is 5.31. The number of rotatable bonds is 7. The molecule has 0 fully saturated rings. The normalized spacial score (nSPS) is 10.7. The maximum absolute atomic E-state index is 12.9. The van der Waals surface area contributed by atoms with E-state index >= 15 is 0 Å². The van der Waals surface area contributed by atoms with Crippen LogP contribution in [0.2, 0.25) is 10.0 Å². The predicted molar refractivity (Wildman–Crippen MR) is 124 cm³/mol. The lowest BCUT2D eigenvalue weighted by molar-refractivity contribution is 0.0992. The van der Waals surface area contributed by atoms with Crippen LogP contribution in [0.5, 0.6) is 0 Å². The first-order valence-corrected chi connectivity index (χ1v) is 10.5. The summed E-state index contributed by atoms with van der Waals surface area (Å²) in [5, 5.41) is 3.58. The van der Waals surface area contributed by atoms with Gasteiger partial charge in [0.05, 0.1) is 11.3 Å². The summed E-state index contributed by atoms with van der Waals surface area (Å²) in [4.78, 5) is 33.8. The van der Waals surface area contributed by atoms with Gasteiger partial charge in [0, 0.05) is 47.7 Å². The van der Waals surface area contributed by atoms with Crippen LogP contribution in [0.25, 0.3) is 0 Å². The van der Waals surface area contributed by atoms with Gasteiger partial charge in [0.1, 0.15) is 5.82 Å². The van der Waals surface area contributed by atoms with Crippen molar-refractivity contribution in [3.8, 4) is 0 Å². The quantitative estimate of drug-likeness (QED) is 0.376. The highest BCUT2D eigenvalue weighted by atomic mass is 35.5. The maximum Gasteiger partial charge on any atom is 0.257 e. The summed E-state index contributed by atoms with van der Waals surface area (Å²) in [7, 11) is 0. The first-order valence-electron chi connectivity index (χ1n) is 9.77. The van der Waals surface area contributed by atoms with Crippen molar-refractivity contribution < 1.29 is 9.59 Å². The Bertz CT molecular complexity index is 1240. The monoisotopic (exact) mass is 464 g/mol. The van der Waals surface area contributed by atoms with Gasteiger partial charge >= 0.3 is 0 Å². The Hall–Kier alpha value is -3.48. The van der Waals surface area contributed by atoms with Crippen LogP contribution in [0.15, 0.2) is 79.5 Å². The third kappa shape index (κ3) is 5.41. The number of nitrogens with one attached hydrogen (secondary N) is 1. The van der Waals surface area contributed by atoms with Gasteiger partial charge in [0.2, 0.25) is 0 Å². The summed E-state index contributed by atoms with van der Waals surface area (Å²) < 4.78 is 1.95. The molecule has 0 aliphatic heterocycles. The van der Waals surface area contributed by atoms with E-state index in [0.29, 0.717) is 39.1 Å². The van der Waals surface area contributed by atoms with Crippen LogP contribution in [0, 0.1) is 0 Å². The minimum absolute atomic E-state index is 0.0643. The maximum atomic E-state index is 12.9. The summed E-state index contributed by atoms with van der Waals surface area (Å²) in [6.07, 6.45) is 6.85. The zero-order valence-corrected chi connectivity index (χ0v) is 18.3. The number of pyridine rings is 1. The molecule has 0 spiro atoms. The molecule has 0 aliphatic rings. The van der Waals surface area contributed by atoms with Gasteiger partial charge in [-0.25, -0.2) is 9.97 Å². The van der Waals surface area contributed by atoms with Crippen molar-refractivity contribution >= 4 is 40.7 Å². The highest BCUT2D eigenvalue weighted by Gasteiger charge is 2.17. The van der Waals surface area contributed by atoms with Gasteiger partial charge in [-0.3, -0.25) is 9.59 Å². The number of hydrogen-bond acceptors (Lipinski definition) is 4. The number of nitrogens with zero attached hydrogens (tertiary/aromatic N) is 3. The minimum Gasteiger partial charge on any atom is -0.333 e. The van der Waals surface area contributed by atoms with E-state index in [4.69, 9.17) is 23.2 Å². The van der Waals surface area contributed by atoms with Crippen molar-refractivity contribution in [3.05, 3.63) is 112 Å². The summed E-state index contributed by atoms with van der Waals surface area (Å²) >= 11 is 11.9. The first-order chi connectivity index (χ1) is 15.5. The Morgan fingerprint density at radius 2 is 1.75 bits per heavy atom. The number of anilines is 1. The largest absolute Gasteiger partial charge is 0.333 e. The Morgan fingerprint density at radius 1 is 0.969 bits per heavy atom. The number of carbonyl (C=O) groups excluding carboxylic acids is 2. The molecular weight excluding hydrogens is 447 g/mol. The molecule has 0 aliphatic carbocycles. The van der Waals surface area contributed by atoms with E-state index in [-0.39, 0.29) is 12.2 Å². The molecular formula is C24H18Cl2N4O2. The molecule has 6 nitrogen and oxygen atoms in total. The number of carbonyl (C=O) groups is 2. The third-order valence-electron chi connectivity index (χ3n) is 4.84. The number of imidazole rings is 1. The van der Waals surface area contributed by atoms with Crippen LogP contribution in [-0.2, 0) is 13.0 Å². The molecule has 0 unspecified atom stereocenters. The Balaban J connectivity index is 1.49. The number of hydrogen-bond donors (Lipinski definition) is 1. The number of Topliss-reactive ketones (excluding diaryl/α,β-unsaturated/α-hetero) is 1. The molecule has 0 saturated heterocycles. The van der Waals surface area contributed by atoms with Crippen LogP contribution < -0.4 is 5.32 Å². The lowest BCUT2D eigenvalue weighted by atomic mass is 9.97. The molecule has 32 heavy (non-hydrogen) atoms. The minimum atomic E-state index is -0.402. The van der Waals surface area contributed by atoms with Crippen molar-refractivity contribution in [3.63, 3.8) is 0 Å². The fourth-order valence-electron chi connectivity index (χ4n) is 3.21. The fraction of sp³-hybridized carbons (Fsp3) is 0.0833. The molecule has 0 radical (unpaired) electrons. The second-order valence-electron chi connectivity index (χ2n) is 7.15. The van der Waals surface area contributed by atoms with Crippen molar-refractivity contribution in [1.82, 2.24) is 14.5 Å². The summed E-state index contributed by atoms with van der Waals surface area (Å²) in [5.74, 6) is -0.147.